The number of hydrogen-bond acceptors (Lipinski definition) is 5. The maximum absolute atomic E-state index is 12.1. The molecule has 0 spiro atoms. The van der Waals surface area contributed by atoms with Crippen molar-refractivity contribution in [2.45, 2.75) is 44.5 Å². The van der Waals surface area contributed by atoms with E-state index in [1.165, 1.54) is 0 Å². The fourth-order valence-corrected chi connectivity index (χ4v) is 2.14. The van der Waals surface area contributed by atoms with E-state index in [4.69, 9.17) is 9.47 Å². The first-order chi connectivity index (χ1) is 9.47. The standard InChI is InChI=1S/C15H30O5S/c1-12(2)14(17)20-11-13(16)10-19-9-7-8-15(3,4)21(5,6)18/h13,16,21H,1,7-11H2,2-6H3. The molecule has 0 aromatic carbocycles. The fraction of sp³-hybridized carbons (Fsp3) is 0.800. The number of ether oxygens (including phenoxy) is 2. The average Bonchev–Trinajstić information content (AvgIpc) is 2.33. The van der Waals surface area contributed by atoms with Crippen LogP contribution in [-0.4, -0.2) is 58.5 Å². The van der Waals surface area contributed by atoms with Crippen LogP contribution in [0.3, 0.4) is 0 Å². The molecular formula is C15H30O5S. The highest BCUT2D eigenvalue weighted by atomic mass is 32.2. The van der Waals surface area contributed by atoms with Crippen molar-refractivity contribution in [3.05, 3.63) is 12.2 Å². The number of carbonyl (C=O) groups is 1. The summed E-state index contributed by atoms with van der Waals surface area (Å²) in [5.74, 6) is -0.516. The van der Waals surface area contributed by atoms with Crippen molar-refractivity contribution >= 4 is 15.9 Å². The number of hydrogen-bond donors (Lipinski definition) is 2. The molecule has 0 aliphatic heterocycles. The second kappa shape index (κ2) is 8.66. The summed E-state index contributed by atoms with van der Waals surface area (Å²) in [6, 6.07) is 0. The summed E-state index contributed by atoms with van der Waals surface area (Å²) in [5, 5.41) is 9.59. The number of aliphatic hydroxyl groups excluding tert-OH is 1. The highest BCUT2D eigenvalue weighted by Crippen LogP contribution is 2.25. The number of rotatable bonds is 10. The van der Waals surface area contributed by atoms with Gasteiger partial charge < -0.3 is 14.6 Å². The predicted octanol–water partition coefficient (Wildman–Crippen LogP) is 1.32. The van der Waals surface area contributed by atoms with Gasteiger partial charge in [0.05, 0.1) is 6.61 Å². The molecule has 1 atom stereocenters. The first kappa shape index (κ1) is 20.3. The first-order valence-electron chi connectivity index (χ1n) is 7.11. The molecule has 0 amide bonds. The van der Waals surface area contributed by atoms with Crippen molar-refractivity contribution in [3.8, 4) is 0 Å². The molecule has 6 heteroatoms. The van der Waals surface area contributed by atoms with Crippen LogP contribution in [0.1, 0.15) is 33.6 Å². The SMILES string of the molecule is C=C(C)C(=O)OCC(O)COCCCC(C)(C)[SH](C)(C)=O. The third-order valence-electron chi connectivity index (χ3n) is 3.60. The normalized spacial score (nSPS) is 14.6. The lowest BCUT2D eigenvalue weighted by atomic mass is 10.1. The van der Waals surface area contributed by atoms with Gasteiger partial charge in [-0.2, -0.15) is 0 Å². The van der Waals surface area contributed by atoms with E-state index in [0.717, 1.165) is 12.8 Å². The molecule has 0 heterocycles. The topological polar surface area (TPSA) is 72.8 Å². The van der Waals surface area contributed by atoms with Gasteiger partial charge in [0.25, 0.3) is 0 Å². The van der Waals surface area contributed by atoms with Gasteiger partial charge >= 0.3 is 5.97 Å². The Balaban J connectivity index is 3.79. The largest absolute Gasteiger partial charge is 0.460 e. The van der Waals surface area contributed by atoms with Gasteiger partial charge in [-0.1, -0.05) is 20.4 Å². The molecule has 0 fully saturated rings. The molecule has 0 bridgehead atoms. The van der Waals surface area contributed by atoms with E-state index in [-0.39, 0.29) is 18.0 Å². The molecule has 0 aliphatic rings. The Morgan fingerprint density at radius 1 is 1.33 bits per heavy atom. The number of esters is 1. The molecule has 0 saturated carbocycles. The van der Waals surface area contributed by atoms with E-state index in [9.17, 15) is 14.1 Å². The van der Waals surface area contributed by atoms with Gasteiger partial charge in [-0.3, -0.25) is 4.21 Å². The van der Waals surface area contributed by atoms with E-state index in [1.807, 2.05) is 13.8 Å². The Labute approximate surface area is 129 Å². The highest BCUT2D eigenvalue weighted by molar-refractivity contribution is 8.02. The van der Waals surface area contributed by atoms with Crippen LogP contribution < -0.4 is 0 Å². The monoisotopic (exact) mass is 322 g/mol. The van der Waals surface area contributed by atoms with Gasteiger partial charge in [0.1, 0.15) is 12.7 Å². The van der Waals surface area contributed by atoms with Crippen molar-refractivity contribution in [2.75, 3.05) is 32.3 Å². The summed E-state index contributed by atoms with van der Waals surface area (Å²) in [5.41, 5.74) is 0.300. The van der Waals surface area contributed by atoms with Crippen LogP contribution in [0.4, 0.5) is 0 Å². The Morgan fingerprint density at radius 3 is 2.38 bits per heavy atom. The van der Waals surface area contributed by atoms with Gasteiger partial charge in [0.2, 0.25) is 0 Å². The van der Waals surface area contributed by atoms with Crippen LogP contribution >= 0.6 is 0 Å². The number of thiol groups is 1. The van der Waals surface area contributed by atoms with Gasteiger partial charge in [0.15, 0.2) is 0 Å². The summed E-state index contributed by atoms with van der Waals surface area (Å²) >= 11 is 0. The third kappa shape index (κ3) is 8.34. The predicted molar refractivity (Wildman–Crippen MR) is 87.3 cm³/mol. The van der Waals surface area contributed by atoms with E-state index < -0.39 is 22.0 Å². The number of carbonyl (C=O) groups excluding carboxylic acids is 1. The van der Waals surface area contributed by atoms with Crippen LogP contribution in [0.25, 0.3) is 0 Å². The van der Waals surface area contributed by atoms with Crippen LogP contribution in [0.15, 0.2) is 12.2 Å². The van der Waals surface area contributed by atoms with Crippen molar-refractivity contribution in [2.24, 2.45) is 0 Å². The van der Waals surface area contributed by atoms with Crippen LogP contribution in [0, 0.1) is 0 Å². The van der Waals surface area contributed by atoms with Gasteiger partial charge in [0, 0.05) is 16.9 Å². The summed E-state index contributed by atoms with van der Waals surface area (Å²) < 4.78 is 22.0. The molecule has 0 aromatic heterocycles. The van der Waals surface area contributed by atoms with Crippen molar-refractivity contribution in [1.29, 1.82) is 0 Å². The van der Waals surface area contributed by atoms with Crippen molar-refractivity contribution < 1.29 is 23.6 Å². The second-order valence-electron chi connectivity index (χ2n) is 6.37. The van der Waals surface area contributed by atoms with Crippen molar-refractivity contribution in [1.82, 2.24) is 0 Å². The van der Waals surface area contributed by atoms with Gasteiger partial charge in [-0.05, 0) is 32.3 Å². The van der Waals surface area contributed by atoms with E-state index in [1.54, 1.807) is 19.4 Å². The zero-order chi connectivity index (χ0) is 16.7. The second-order valence-corrected chi connectivity index (χ2v) is 10.3. The first-order valence-corrected chi connectivity index (χ1v) is 9.71. The van der Waals surface area contributed by atoms with E-state index in [2.05, 4.69) is 6.58 Å². The molecule has 1 unspecified atom stereocenters. The van der Waals surface area contributed by atoms with Crippen LogP contribution in [0.5, 0.6) is 0 Å². The molecular weight excluding hydrogens is 292 g/mol. The maximum atomic E-state index is 12.1. The maximum Gasteiger partial charge on any atom is 0.333 e. The summed E-state index contributed by atoms with van der Waals surface area (Å²) in [4.78, 5) is 11.1. The lowest BCUT2D eigenvalue weighted by Crippen LogP contribution is -2.36. The van der Waals surface area contributed by atoms with Gasteiger partial charge in [-0.25, -0.2) is 4.79 Å². The zero-order valence-electron chi connectivity index (χ0n) is 13.8. The van der Waals surface area contributed by atoms with Crippen LogP contribution in [0.2, 0.25) is 0 Å². The minimum absolute atomic E-state index is 0.101. The summed E-state index contributed by atoms with van der Waals surface area (Å²) in [7, 11) is -2.14. The van der Waals surface area contributed by atoms with E-state index in [0.29, 0.717) is 12.2 Å². The molecule has 0 rings (SSSR count). The minimum atomic E-state index is -2.14. The lowest BCUT2D eigenvalue weighted by molar-refractivity contribution is -0.143. The molecule has 126 valence electrons. The Morgan fingerprint density at radius 2 is 1.90 bits per heavy atom. The molecule has 0 aromatic rings. The third-order valence-corrected chi connectivity index (χ3v) is 6.74. The summed E-state index contributed by atoms with van der Waals surface area (Å²) in [6.45, 7) is 9.49. The molecule has 1 N–H and O–H groups in total. The minimum Gasteiger partial charge on any atom is -0.460 e. The molecule has 21 heavy (non-hydrogen) atoms. The average molecular weight is 322 g/mol. The van der Waals surface area contributed by atoms with Crippen LogP contribution in [-0.2, 0) is 24.2 Å². The molecule has 0 aliphatic carbocycles. The molecule has 0 saturated heterocycles. The number of aliphatic hydroxyl groups is 1. The highest BCUT2D eigenvalue weighted by Gasteiger charge is 2.26. The smallest absolute Gasteiger partial charge is 0.333 e. The lowest BCUT2D eigenvalue weighted by Gasteiger charge is -2.33. The quantitative estimate of drug-likeness (QED) is 0.275. The van der Waals surface area contributed by atoms with Gasteiger partial charge in [-0.15, -0.1) is 9.93 Å². The summed E-state index contributed by atoms with van der Waals surface area (Å²) in [6.07, 6.45) is 4.33. The van der Waals surface area contributed by atoms with E-state index >= 15 is 0 Å². The fourth-order valence-electron chi connectivity index (χ4n) is 1.44. The Kier molecular flexibility index (Phi) is 8.36. The molecule has 0 radical (unpaired) electrons. The Bertz CT molecular complexity index is 397. The van der Waals surface area contributed by atoms with Crippen molar-refractivity contribution in [3.63, 3.8) is 0 Å². The zero-order valence-corrected chi connectivity index (χ0v) is 14.7. The Hall–Kier alpha value is -0.720. The molecule has 5 nitrogen and oxygen atoms in total.